The van der Waals surface area contributed by atoms with Crippen LogP contribution in [0, 0.1) is 0 Å². The largest absolute Gasteiger partial charge is 0.478 e. The van der Waals surface area contributed by atoms with Crippen LogP contribution < -0.4 is 0 Å². The van der Waals surface area contributed by atoms with E-state index < -0.39 is 5.97 Å². The number of nitrogens with zero attached hydrogens (tertiary/aromatic N) is 1. The maximum atomic E-state index is 10.8. The Bertz CT molecular complexity index is 447. The van der Waals surface area contributed by atoms with Gasteiger partial charge in [0.05, 0.1) is 6.26 Å². The molecule has 0 amide bonds. The molecule has 0 aliphatic carbocycles. The molecule has 0 saturated carbocycles. The van der Waals surface area contributed by atoms with Crippen molar-refractivity contribution in [3.63, 3.8) is 0 Å². The van der Waals surface area contributed by atoms with E-state index in [1.165, 1.54) is 12.3 Å². The van der Waals surface area contributed by atoms with E-state index in [0.29, 0.717) is 11.3 Å². The Balaban J connectivity index is 2.52. The van der Waals surface area contributed by atoms with Gasteiger partial charge < -0.3 is 9.52 Å². The highest BCUT2D eigenvalue weighted by atomic mass is 16.4. The zero-order chi connectivity index (χ0) is 9.97. The fourth-order valence-corrected chi connectivity index (χ4v) is 1.20. The Kier molecular flexibility index (Phi) is 2.02. The Morgan fingerprint density at radius 3 is 2.93 bits per heavy atom. The van der Waals surface area contributed by atoms with Crippen molar-refractivity contribution in [3.05, 3.63) is 42.4 Å². The number of furan rings is 1. The minimum atomic E-state index is -1.00. The van der Waals surface area contributed by atoms with Crippen LogP contribution in [-0.4, -0.2) is 16.1 Å². The standard InChI is InChI=1S/C10H7NO3/c12-10(13)8-3-5-14-9(8)7-2-1-4-11-6-7/h1-6H,(H,12,13). The van der Waals surface area contributed by atoms with E-state index >= 15 is 0 Å². The average Bonchev–Trinajstić information content (AvgIpc) is 2.67. The van der Waals surface area contributed by atoms with E-state index in [1.54, 1.807) is 24.5 Å². The Labute approximate surface area is 79.8 Å². The summed E-state index contributed by atoms with van der Waals surface area (Å²) in [6.45, 7) is 0. The number of carbonyl (C=O) groups is 1. The molecule has 0 aliphatic rings. The summed E-state index contributed by atoms with van der Waals surface area (Å²) in [6, 6.07) is 4.90. The third kappa shape index (κ3) is 1.37. The summed E-state index contributed by atoms with van der Waals surface area (Å²) in [7, 11) is 0. The van der Waals surface area contributed by atoms with Gasteiger partial charge in [0.1, 0.15) is 11.3 Å². The highest BCUT2D eigenvalue weighted by Gasteiger charge is 2.14. The molecule has 0 saturated heterocycles. The second-order valence-corrected chi connectivity index (χ2v) is 2.71. The van der Waals surface area contributed by atoms with Gasteiger partial charge in [-0.15, -0.1) is 0 Å². The first kappa shape index (κ1) is 8.50. The van der Waals surface area contributed by atoms with Gasteiger partial charge in [0.2, 0.25) is 0 Å². The number of hydrogen-bond donors (Lipinski definition) is 1. The van der Waals surface area contributed by atoms with Crippen molar-refractivity contribution >= 4 is 5.97 Å². The number of carboxylic acid groups (broad SMARTS) is 1. The fraction of sp³-hybridized carbons (Fsp3) is 0. The lowest BCUT2D eigenvalue weighted by atomic mass is 10.1. The van der Waals surface area contributed by atoms with Gasteiger partial charge in [-0.3, -0.25) is 4.98 Å². The van der Waals surface area contributed by atoms with Crippen molar-refractivity contribution in [2.45, 2.75) is 0 Å². The minimum absolute atomic E-state index is 0.151. The number of aromatic nitrogens is 1. The van der Waals surface area contributed by atoms with Gasteiger partial charge in [-0.05, 0) is 18.2 Å². The second kappa shape index (κ2) is 3.33. The fourth-order valence-electron chi connectivity index (χ4n) is 1.20. The van der Waals surface area contributed by atoms with E-state index in [9.17, 15) is 4.79 Å². The van der Waals surface area contributed by atoms with E-state index in [1.807, 2.05) is 0 Å². The van der Waals surface area contributed by atoms with Crippen molar-refractivity contribution in [1.29, 1.82) is 0 Å². The molecule has 0 aromatic carbocycles. The summed E-state index contributed by atoms with van der Waals surface area (Å²) in [6.07, 6.45) is 4.53. The van der Waals surface area contributed by atoms with Crippen LogP contribution in [0.25, 0.3) is 11.3 Å². The molecule has 0 aliphatic heterocycles. The first-order valence-electron chi connectivity index (χ1n) is 4.00. The molecular weight excluding hydrogens is 182 g/mol. The minimum Gasteiger partial charge on any atom is -0.478 e. The summed E-state index contributed by atoms with van der Waals surface area (Å²) in [5, 5.41) is 8.84. The number of aromatic carboxylic acids is 1. The van der Waals surface area contributed by atoms with Gasteiger partial charge in [-0.2, -0.15) is 0 Å². The lowest BCUT2D eigenvalue weighted by Crippen LogP contribution is -1.95. The summed E-state index contributed by atoms with van der Waals surface area (Å²) in [4.78, 5) is 14.7. The number of rotatable bonds is 2. The van der Waals surface area contributed by atoms with Gasteiger partial charge >= 0.3 is 5.97 Å². The van der Waals surface area contributed by atoms with Gasteiger partial charge in [0.25, 0.3) is 0 Å². The van der Waals surface area contributed by atoms with Crippen LogP contribution in [0.4, 0.5) is 0 Å². The second-order valence-electron chi connectivity index (χ2n) is 2.71. The molecule has 0 fully saturated rings. The third-order valence-electron chi connectivity index (χ3n) is 1.82. The summed E-state index contributed by atoms with van der Waals surface area (Å²) >= 11 is 0. The van der Waals surface area contributed by atoms with Crippen LogP contribution in [0.2, 0.25) is 0 Å². The molecule has 0 unspecified atom stereocenters. The smallest absolute Gasteiger partial charge is 0.339 e. The number of pyridine rings is 1. The van der Waals surface area contributed by atoms with Crippen molar-refractivity contribution in [1.82, 2.24) is 4.98 Å². The Hall–Kier alpha value is -2.10. The predicted octanol–water partition coefficient (Wildman–Crippen LogP) is 2.04. The lowest BCUT2D eigenvalue weighted by Gasteiger charge is -1.96. The molecule has 2 heterocycles. The Morgan fingerprint density at radius 1 is 1.43 bits per heavy atom. The van der Waals surface area contributed by atoms with E-state index in [4.69, 9.17) is 9.52 Å². The van der Waals surface area contributed by atoms with Gasteiger partial charge in [-0.1, -0.05) is 0 Å². The normalized spacial score (nSPS) is 10.0. The summed E-state index contributed by atoms with van der Waals surface area (Å²) in [5.41, 5.74) is 0.813. The van der Waals surface area contributed by atoms with Crippen LogP contribution >= 0.6 is 0 Å². The predicted molar refractivity (Wildman–Crippen MR) is 48.9 cm³/mol. The van der Waals surface area contributed by atoms with Crippen LogP contribution in [0.5, 0.6) is 0 Å². The topological polar surface area (TPSA) is 63.3 Å². The number of carboxylic acids is 1. The molecule has 1 N–H and O–H groups in total. The van der Waals surface area contributed by atoms with Gasteiger partial charge in [-0.25, -0.2) is 4.79 Å². The average molecular weight is 189 g/mol. The lowest BCUT2D eigenvalue weighted by molar-refractivity contribution is 0.0697. The maximum Gasteiger partial charge on any atom is 0.339 e. The monoisotopic (exact) mass is 189 g/mol. The van der Waals surface area contributed by atoms with Gasteiger partial charge in [0, 0.05) is 18.0 Å². The molecule has 0 atom stereocenters. The first-order chi connectivity index (χ1) is 6.79. The van der Waals surface area contributed by atoms with Crippen molar-refractivity contribution in [3.8, 4) is 11.3 Å². The highest BCUT2D eigenvalue weighted by Crippen LogP contribution is 2.23. The molecule has 0 spiro atoms. The van der Waals surface area contributed by atoms with E-state index in [0.717, 1.165) is 0 Å². The highest BCUT2D eigenvalue weighted by molar-refractivity contribution is 5.94. The summed E-state index contributed by atoms with van der Waals surface area (Å²) in [5.74, 6) is -0.664. The molecule has 2 aromatic heterocycles. The van der Waals surface area contributed by atoms with Crippen molar-refractivity contribution in [2.24, 2.45) is 0 Å². The van der Waals surface area contributed by atoms with Gasteiger partial charge in [0.15, 0.2) is 0 Å². The molecule has 0 bridgehead atoms. The van der Waals surface area contributed by atoms with Crippen LogP contribution in [0.3, 0.4) is 0 Å². The SMILES string of the molecule is O=C(O)c1ccoc1-c1cccnc1. The van der Waals surface area contributed by atoms with Crippen molar-refractivity contribution < 1.29 is 14.3 Å². The van der Waals surface area contributed by atoms with Crippen LogP contribution in [0.15, 0.2) is 41.3 Å². The van der Waals surface area contributed by atoms with Crippen LogP contribution in [0.1, 0.15) is 10.4 Å². The first-order valence-corrected chi connectivity index (χ1v) is 4.00. The van der Waals surface area contributed by atoms with E-state index in [2.05, 4.69) is 4.98 Å². The molecule has 2 aromatic rings. The molecule has 2 rings (SSSR count). The molecule has 4 heteroatoms. The van der Waals surface area contributed by atoms with E-state index in [-0.39, 0.29) is 5.56 Å². The quantitative estimate of drug-likeness (QED) is 0.785. The zero-order valence-corrected chi connectivity index (χ0v) is 7.18. The van der Waals surface area contributed by atoms with Crippen molar-refractivity contribution in [2.75, 3.05) is 0 Å². The molecule has 4 nitrogen and oxygen atoms in total. The molecule has 70 valence electrons. The molecule has 0 radical (unpaired) electrons. The maximum absolute atomic E-state index is 10.8. The Morgan fingerprint density at radius 2 is 2.29 bits per heavy atom. The zero-order valence-electron chi connectivity index (χ0n) is 7.18. The van der Waals surface area contributed by atoms with Crippen LogP contribution in [-0.2, 0) is 0 Å². The molecular formula is C10H7NO3. The number of hydrogen-bond acceptors (Lipinski definition) is 3. The molecule has 14 heavy (non-hydrogen) atoms. The summed E-state index contributed by atoms with van der Waals surface area (Å²) < 4.78 is 5.09. The third-order valence-corrected chi connectivity index (χ3v) is 1.82.